The van der Waals surface area contributed by atoms with E-state index in [9.17, 15) is 4.79 Å². The average molecular weight is 319 g/mol. The number of halogens is 1. The molecule has 0 aliphatic heterocycles. The van der Waals surface area contributed by atoms with Gasteiger partial charge >= 0.3 is 0 Å². The van der Waals surface area contributed by atoms with Crippen LogP contribution < -0.4 is 10.1 Å². The Hall–Kier alpha value is -0.780. The van der Waals surface area contributed by atoms with Crippen molar-refractivity contribution in [2.24, 2.45) is 0 Å². The number of carbonyl (C=O) groups is 1. The van der Waals surface area contributed by atoms with Crippen molar-refractivity contribution in [3.63, 3.8) is 0 Å². The molecule has 1 N–H and O–H groups in total. The third-order valence-corrected chi connectivity index (χ3v) is 2.91. The van der Waals surface area contributed by atoms with Gasteiger partial charge in [0.25, 0.3) is 0 Å². The second-order valence-corrected chi connectivity index (χ2v) is 4.06. The lowest BCUT2D eigenvalue weighted by Crippen LogP contribution is -2.26. The van der Waals surface area contributed by atoms with E-state index in [0.29, 0.717) is 0 Å². The van der Waals surface area contributed by atoms with Crippen molar-refractivity contribution >= 4 is 28.5 Å². The van der Waals surface area contributed by atoms with E-state index in [2.05, 4.69) is 27.9 Å². The Morgan fingerprint density at radius 2 is 2.33 bits per heavy atom. The summed E-state index contributed by atoms with van der Waals surface area (Å²) in [5, 5.41) is 2.90. The molecule has 0 aliphatic rings. The normalized spacial score (nSPS) is 11.9. The van der Waals surface area contributed by atoms with Gasteiger partial charge in [0.1, 0.15) is 5.75 Å². The van der Waals surface area contributed by atoms with Crippen LogP contribution >= 0.6 is 22.6 Å². The highest BCUT2D eigenvalue weighted by Gasteiger charge is 2.11. The lowest BCUT2D eigenvalue weighted by Gasteiger charge is -2.16. The van der Waals surface area contributed by atoms with E-state index in [1.54, 1.807) is 7.11 Å². The summed E-state index contributed by atoms with van der Waals surface area (Å²) in [6.07, 6.45) is 0. The van der Waals surface area contributed by atoms with E-state index in [-0.39, 0.29) is 11.9 Å². The van der Waals surface area contributed by atoms with Gasteiger partial charge in [-0.2, -0.15) is 0 Å². The summed E-state index contributed by atoms with van der Waals surface area (Å²) in [6, 6.07) is 7.80. The van der Waals surface area contributed by atoms with Crippen LogP contribution in [0.2, 0.25) is 0 Å². The van der Waals surface area contributed by atoms with Gasteiger partial charge in [-0.3, -0.25) is 4.79 Å². The first-order valence-corrected chi connectivity index (χ1v) is 6.17. The molecule has 0 radical (unpaired) electrons. The lowest BCUT2D eigenvalue weighted by atomic mass is 10.1. The smallest absolute Gasteiger partial charge is 0.217 e. The number of carbonyl (C=O) groups excluding carboxylic acids is 1. The maximum atomic E-state index is 11.0. The number of rotatable bonds is 4. The van der Waals surface area contributed by atoms with Gasteiger partial charge in [0.05, 0.1) is 13.2 Å². The fourth-order valence-electron chi connectivity index (χ4n) is 1.31. The monoisotopic (exact) mass is 319 g/mol. The summed E-state index contributed by atoms with van der Waals surface area (Å²) in [7, 11) is 1.64. The molecule has 1 atom stereocenters. The fourth-order valence-corrected chi connectivity index (χ4v) is 2.04. The second kappa shape index (κ2) is 5.95. The van der Waals surface area contributed by atoms with Crippen LogP contribution in [0.15, 0.2) is 24.3 Å². The minimum atomic E-state index is -0.0144. The molecule has 0 heterocycles. The maximum absolute atomic E-state index is 11.0. The second-order valence-electron chi connectivity index (χ2n) is 3.18. The predicted octanol–water partition coefficient (Wildman–Crippen LogP) is 2.31. The number of hydrogen-bond donors (Lipinski definition) is 1. The van der Waals surface area contributed by atoms with Crippen molar-refractivity contribution in [3.05, 3.63) is 29.8 Å². The molecule has 0 saturated carbocycles. The van der Waals surface area contributed by atoms with Crippen LogP contribution in [0, 0.1) is 0 Å². The Bertz CT molecular complexity index is 341. The molecule has 0 aliphatic carbocycles. The van der Waals surface area contributed by atoms with Crippen LogP contribution in [0.25, 0.3) is 0 Å². The van der Waals surface area contributed by atoms with Crippen molar-refractivity contribution in [2.75, 3.05) is 11.5 Å². The van der Waals surface area contributed by atoms with Crippen LogP contribution in [0.3, 0.4) is 0 Å². The van der Waals surface area contributed by atoms with E-state index < -0.39 is 0 Å². The Kier molecular flexibility index (Phi) is 4.87. The fraction of sp³-hybridized carbons (Fsp3) is 0.364. The first kappa shape index (κ1) is 12.3. The lowest BCUT2D eigenvalue weighted by molar-refractivity contribution is -0.119. The maximum Gasteiger partial charge on any atom is 0.217 e. The van der Waals surface area contributed by atoms with Gasteiger partial charge in [-0.15, -0.1) is 0 Å². The van der Waals surface area contributed by atoms with Crippen molar-refractivity contribution < 1.29 is 9.53 Å². The van der Waals surface area contributed by atoms with Crippen LogP contribution in [0.4, 0.5) is 0 Å². The largest absolute Gasteiger partial charge is 0.497 e. The molecule has 0 fully saturated rings. The molecule has 0 bridgehead atoms. The molecular formula is C11H14INO2. The van der Waals surface area contributed by atoms with E-state index in [0.717, 1.165) is 15.7 Å². The molecule has 1 unspecified atom stereocenters. The zero-order valence-electron chi connectivity index (χ0n) is 8.79. The quantitative estimate of drug-likeness (QED) is 0.683. The summed E-state index contributed by atoms with van der Waals surface area (Å²) in [5.74, 6) is 0.798. The van der Waals surface area contributed by atoms with Crippen LogP contribution in [0.1, 0.15) is 18.5 Å². The Balaban J connectivity index is 2.85. The molecule has 4 heteroatoms. The van der Waals surface area contributed by atoms with Gasteiger partial charge in [0.15, 0.2) is 0 Å². The molecule has 1 amide bonds. The highest BCUT2D eigenvalue weighted by molar-refractivity contribution is 14.1. The molecule has 1 aromatic carbocycles. The van der Waals surface area contributed by atoms with Crippen molar-refractivity contribution in [1.82, 2.24) is 5.32 Å². The first-order valence-electron chi connectivity index (χ1n) is 4.64. The molecular weight excluding hydrogens is 305 g/mol. The molecule has 0 aromatic heterocycles. The predicted molar refractivity (Wildman–Crippen MR) is 68.4 cm³/mol. The van der Waals surface area contributed by atoms with Gasteiger partial charge in [-0.1, -0.05) is 34.7 Å². The van der Waals surface area contributed by atoms with Crippen molar-refractivity contribution in [2.45, 2.75) is 13.0 Å². The Morgan fingerprint density at radius 1 is 1.60 bits per heavy atom. The topological polar surface area (TPSA) is 38.3 Å². The summed E-state index contributed by atoms with van der Waals surface area (Å²) in [5.41, 5.74) is 1.07. The molecule has 1 aromatic rings. The molecule has 0 spiro atoms. The SMILES string of the molecule is COc1cccc(C(CI)NC(C)=O)c1. The molecule has 3 nitrogen and oxygen atoms in total. The van der Waals surface area contributed by atoms with Crippen molar-refractivity contribution in [3.8, 4) is 5.75 Å². The van der Waals surface area contributed by atoms with Gasteiger partial charge in [0, 0.05) is 11.4 Å². The number of amides is 1. The first-order chi connectivity index (χ1) is 7.17. The minimum Gasteiger partial charge on any atom is -0.497 e. The highest BCUT2D eigenvalue weighted by Crippen LogP contribution is 2.20. The summed E-state index contributed by atoms with van der Waals surface area (Å²) in [4.78, 5) is 11.0. The number of hydrogen-bond acceptors (Lipinski definition) is 2. The molecule has 0 saturated heterocycles. The van der Waals surface area contributed by atoms with E-state index >= 15 is 0 Å². The standard InChI is InChI=1S/C11H14INO2/c1-8(14)13-11(7-12)9-4-3-5-10(6-9)15-2/h3-6,11H,7H2,1-2H3,(H,13,14). The molecule has 15 heavy (non-hydrogen) atoms. The third-order valence-electron chi connectivity index (χ3n) is 2.03. The van der Waals surface area contributed by atoms with Gasteiger partial charge < -0.3 is 10.1 Å². The zero-order chi connectivity index (χ0) is 11.3. The number of methoxy groups -OCH3 is 1. The Labute approximate surface area is 103 Å². The minimum absolute atomic E-state index is 0.0144. The summed E-state index contributed by atoms with van der Waals surface area (Å²) >= 11 is 2.25. The summed E-state index contributed by atoms with van der Waals surface area (Å²) in [6.45, 7) is 1.53. The van der Waals surface area contributed by atoms with E-state index in [4.69, 9.17) is 4.74 Å². The van der Waals surface area contributed by atoms with Crippen LogP contribution in [-0.2, 0) is 4.79 Å². The zero-order valence-corrected chi connectivity index (χ0v) is 10.9. The average Bonchev–Trinajstić information content (AvgIpc) is 2.25. The van der Waals surface area contributed by atoms with Gasteiger partial charge in [-0.05, 0) is 17.7 Å². The van der Waals surface area contributed by atoms with Gasteiger partial charge in [0.2, 0.25) is 5.91 Å². The number of nitrogens with one attached hydrogen (secondary N) is 1. The van der Waals surface area contributed by atoms with E-state index in [1.807, 2.05) is 24.3 Å². The van der Waals surface area contributed by atoms with Crippen molar-refractivity contribution in [1.29, 1.82) is 0 Å². The number of alkyl halides is 1. The number of benzene rings is 1. The van der Waals surface area contributed by atoms with Crippen LogP contribution in [0.5, 0.6) is 5.75 Å². The van der Waals surface area contributed by atoms with E-state index in [1.165, 1.54) is 6.92 Å². The Morgan fingerprint density at radius 3 is 2.87 bits per heavy atom. The summed E-state index contributed by atoms with van der Waals surface area (Å²) < 4.78 is 5.98. The molecule has 1 rings (SSSR count). The van der Waals surface area contributed by atoms with Crippen LogP contribution in [-0.4, -0.2) is 17.4 Å². The number of ether oxygens (including phenoxy) is 1. The molecule has 82 valence electrons. The highest BCUT2D eigenvalue weighted by atomic mass is 127. The third kappa shape index (κ3) is 3.70. The van der Waals surface area contributed by atoms with Gasteiger partial charge in [-0.25, -0.2) is 0 Å².